The van der Waals surface area contributed by atoms with Gasteiger partial charge in [0.25, 0.3) is 0 Å². The Balaban J connectivity index is 4.08. The van der Waals surface area contributed by atoms with Gasteiger partial charge in [0.2, 0.25) is 0 Å². The maximum Gasteiger partial charge on any atom is 0.00559 e. The van der Waals surface area contributed by atoms with Crippen LogP contribution in [0, 0.1) is 17.3 Å². The van der Waals surface area contributed by atoms with Gasteiger partial charge >= 0.3 is 0 Å². The number of nitrogens with two attached hydrogens (primary N) is 1. The normalized spacial score (nSPS) is 14.8. The molecule has 0 aliphatic heterocycles. The summed E-state index contributed by atoms with van der Waals surface area (Å²) in [6, 6.07) is 0.340. The number of hydrogen-bond donors (Lipinski definition) is 1. The minimum Gasteiger partial charge on any atom is -0.328 e. The Morgan fingerprint density at radius 1 is 0.944 bits per heavy atom. The lowest BCUT2D eigenvalue weighted by Gasteiger charge is -2.29. The minimum atomic E-state index is 0.340. The monoisotopic (exact) mass is 256 g/mol. The highest BCUT2D eigenvalue weighted by Crippen LogP contribution is 2.21. The summed E-state index contributed by atoms with van der Waals surface area (Å²) in [7, 11) is 0. The highest BCUT2D eigenvalue weighted by molar-refractivity contribution is 4.73. The number of nitrogens with zero attached hydrogens (tertiary/aromatic N) is 1. The van der Waals surface area contributed by atoms with Crippen molar-refractivity contribution in [2.45, 2.75) is 67.3 Å². The van der Waals surface area contributed by atoms with Crippen molar-refractivity contribution >= 4 is 0 Å². The van der Waals surface area contributed by atoms with Crippen LogP contribution in [0.2, 0.25) is 0 Å². The first-order chi connectivity index (χ1) is 8.10. The van der Waals surface area contributed by atoms with Gasteiger partial charge in [0.05, 0.1) is 0 Å². The molecule has 0 rings (SSSR count). The fourth-order valence-electron chi connectivity index (χ4n) is 2.53. The molecule has 0 aromatic carbocycles. The van der Waals surface area contributed by atoms with Gasteiger partial charge in [-0.3, -0.25) is 0 Å². The van der Waals surface area contributed by atoms with Gasteiger partial charge in [0.15, 0.2) is 0 Å². The molecule has 0 aliphatic carbocycles. The second-order valence-electron chi connectivity index (χ2n) is 7.86. The van der Waals surface area contributed by atoms with E-state index >= 15 is 0 Å². The van der Waals surface area contributed by atoms with E-state index in [9.17, 15) is 0 Å². The molecule has 1 unspecified atom stereocenters. The van der Waals surface area contributed by atoms with Crippen LogP contribution in [0.4, 0.5) is 0 Å². The average Bonchev–Trinajstić information content (AvgIpc) is 2.09. The molecular formula is C16H36N2. The standard InChI is InChI=1S/C16H36N2/c1-13(2)11-18(12-14(3)4)9-8-15(17)10-16(5,6)7/h13-15H,8-12,17H2,1-7H3. The van der Waals surface area contributed by atoms with E-state index in [-0.39, 0.29) is 0 Å². The zero-order valence-corrected chi connectivity index (χ0v) is 13.8. The van der Waals surface area contributed by atoms with Crippen LogP contribution in [0.5, 0.6) is 0 Å². The lowest BCUT2D eigenvalue weighted by molar-refractivity contribution is 0.204. The minimum absolute atomic E-state index is 0.340. The van der Waals surface area contributed by atoms with E-state index in [4.69, 9.17) is 5.73 Å². The largest absolute Gasteiger partial charge is 0.328 e. The van der Waals surface area contributed by atoms with Gasteiger partial charge in [-0.1, -0.05) is 48.5 Å². The molecule has 2 N–H and O–H groups in total. The quantitative estimate of drug-likeness (QED) is 0.716. The Hall–Kier alpha value is -0.0800. The van der Waals surface area contributed by atoms with Crippen LogP contribution >= 0.6 is 0 Å². The molecule has 0 saturated carbocycles. The molecule has 0 amide bonds. The summed E-state index contributed by atoms with van der Waals surface area (Å²) in [5.41, 5.74) is 6.59. The molecule has 0 saturated heterocycles. The predicted octanol–water partition coefficient (Wildman–Crippen LogP) is 3.75. The van der Waals surface area contributed by atoms with Crippen molar-refractivity contribution in [1.29, 1.82) is 0 Å². The van der Waals surface area contributed by atoms with E-state index in [1.54, 1.807) is 0 Å². The lowest BCUT2D eigenvalue weighted by Crippen LogP contribution is -2.36. The van der Waals surface area contributed by atoms with E-state index in [1.807, 2.05) is 0 Å². The second-order valence-corrected chi connectivity index (χ2v) is 7.86. The van der Waals surface area contributed by atoms with Gasteiger partial charge in [0, 0.05) is 19.1 Å². The van der Waals surface area contributed by atoms with Gasteiger partial charge in [-0.15, -0.1) is 0 Å². The zero-order valence-electron chi connectivity index (χ0n) is 13.8. The van der Waals surface area contributed by atoms with E-state index in [1.165, 1.54) is 13.1 Å². The molecule has 0 aromatic rings. The van der Waals surface area contributed by atoms with Gasteiger partial charge in [-0.2, -0.15) is 0 Å². The first-order valence-electron chi connectivity index (χ1n) is 7.58. The SMILES string of the molecule is CC(C)CN(CCC(N)CC(C)(C)C)CC(C)C. The van der Waals surface area contributed by atoms with Crippen LogP contribution < -0.4 is 5.73 Å². The zero-order chi connectivity index (χ0) is 14.3. The van der Waals surface area contributed by atoms with Crippen LogP contribution in [0.15, 0.2) is 0 Å². The first-order valence-corrected chi connectivity index (χ1v) is 7.58. The molecule has 0 bridgehead atoms. The summed E-state index contributed by atoms with van der Waals surface area (Å²) in [4.78, 5) is 2.58. The van der Waals surface area contributed by atoms with Crippen molar-refractivity contribution in [3.8, 4) is 0 Å². The average molecular weight is 256 g/mol. The Kier molecular flexibility index (Phi) is 8.13. The fourth-order valence-corrected chi connectivity index (χ4v) is 2.53. The fraction of sp³-hybridized carbons (Fsp3) is 1.00. The van der Waals surface area contributed by atoms with Crippen molar-refractivity contribution in [3.05, 3.63) is 0 Å². The Morgan fingerprint density at radius 2 is 1.39 bits per heavy atom. The third-order valence-corrected chi connectivity index (χ3v) is 2.94. The maximum absolute atomic E-state index is 6.24. The Labute approximate surface area is 115 Å². The van der Waals surface area contributed by atoms with Crippen LogP contribution in [-0.4, -0.2) is 30.6 Å². The molecule has 0 aromatic heterocycles. The highest BCUT2D eigenvalue weighted by atomic mass is 15.1. The highest BCUT2D eigenvalue weighted by Gasteiger charge is 2.17. The number of rotatable bonds is 8. The van der Waals surface area contributed by atoms with E-state index in [2.05, 4.69) is 53.4 Å². The smallest absolute Gasteiger partial charge is 0.00559 e. The molecule has 2 heteroatoms. The van der Waals surface area contributed by atoms with Crippen molar-refractivity contribution < 1.29 is 0 Å². The van der Waals surface area contributed by atoms with Crippen LogP contribution in [0.3, 0.4) is 0 Å². The summed E-state index contributed by atoms with van der Waals surface area (Å²) in [5.74, 6) is 1.48. The third-order valence-electron chi connectivity index (χ3n) is 2.94. The van der Waals surface area contributed by atoms with Crippen LogP contribution in [0.1, 0.15) is 61.3 Å². The molecule has 18 heavy (non-hydrogen) atoms. The predicted molar refractivity (Wildman–Crippen MR) is 82.8 cm³/mol. The summed E-state index contributed by atoms with van der Waals surface area (Å²) < 4.78 is 0. The van der Waals surface area contributed by atoms with Crippen LogP contribution in [0.25, 0.3) is 0 Å². The lowest BCUT2D eigenvalue weighted by atomic mass is 9.87. The summed E-state index contributed by atoms with van der Waals surface area (Å²) >= 11 is 0. The van der Waals surface area contributed by atoms with Crippen molar-refractivity contribution in [2.24, 2.45) is 23.0 Å². The molecule has 1 atom stereocenters. The van der Waals surface area contributed by atoms with Gasteiger partial charge < -0.3 is 10.6 Å². The Bertz CT molecular complexity index is 194. The van der Waals surface area contributed by atoms with Gasteiger partial charge in [-0.05, 0) is 36.6 Å². The first kappa shape index (κ1) is 17.9. The van der Waals surface area contributed by atoms with Crippen molar-refractivity contribution in [2.75, 3.05) is 19.6 Å². The molecule has 0 fully saturated rings. The molecule has 0 heterocycles. The molecule has 0 aliphatic rings. The third kappa shape index (κ3) is 11.0. The molecule has 0 spiro atoms. The van der Waals surface area contributed by atoms with Crippen molar-refractivity contribution in [3.63, 3.8) is 0 Å². The molecule has 110 valence electrons. The summed E-state index contributed by atoms with van der Waals surface area (Å²) in [6.07, 6.45) is 2.24. The molecule has 2 nitrogen and oxygen atoms in total. The van der Waals surface area contributed by atoms with E-state index in [0.717, 1.165) is 31.2 Å². The van der Waals surface area contributed by atoms with E-state index in [0.29, 0.717) is 11.5 Å². The van der Waals surface area contributed by atoms with Gasteiger partial charge in [0.1, 0.15) is 0 Å². The second kappa shape index (κ2) is 8.16. The number of hydrogen-bond acceptors (Lipinski definition) is 2. The molecule has 0 radical (unpaired) electrons. The molecular weight excluding hydrogens is 220 g/mol. The topological polar surface area (TPSA) is 29.3 Å². The van der Waals surface area contributed by atoms with Gasteiger partial charge in [-0.25, -0.2) is 0 Å². The summed E-state index contributed by atoms with van der Waals surface area (Å²) in [6.45, 7) is 19.5. The van der Waals surface area contributed by atoms with E-state index < -0.39 is 0 Å². The van der Waals surface area contributed by atoms with Crippen LogP contribution in [-0.2, 0) is 0 Å². The maximum atomic E-state index is 6.24. The summed E-state index contributed by atoms with van der Waals surface area (Å²) in [5, 5.41) is 0. The Morgan fingerprint density at radius 3 is 1.72 bits per heavy atom. The van der Waals surface area contributed by atoms with Crippen molar-refractivity contribution in [1.82, 2.24) is 4.90 Å².